The summed E-state index contributed by atoms with van der Waals surface area (Å²) in [5.74, 6) is -0.383. The second-order valence-corrected chi connectivity index (χ2v) is 4.63. The number of carboxylic acid groups (broad SMARTS) is 1. The maximum absolute atomic E-state index is 11.2. The Morgan fingerprint density at radius 3 is 2.53 bits per heavy atom. The molecule has 1 N–H and O–H groups in total. The largest absolute Gasteiger partial charge is 0.481 e. The van der Waals surface area contributed by atoms with E-state index in [2.05, 4.69) is 9.97 Å². The average Bonchev–Trinajstić information content (AvgIpc) is 2.24. The van der Waals surface area contributed by atoms with E-state index in [0.717, 1.165) is 17.9 Å². The monoisotopic (exact) mass is 236 g/mol. The summed E-state index contributed by atoms with van der Waals surface area (Å²) in [6.45, 7) is 7.87. The maximum Gasteiger partial charge on any atom is 0.312 e. The molecular weight excluding hydrogens is 216 g/mol. The molecule has 0 spiro atoms. The van der Waals surface area contributed by atoms with Crippen LogP contribution in [0.2, 0.25) is 0 Å². The Bertz CT molecular complexity index is 402. The SMILES string of the molecule is CCCC(C(=O)O)c1cc(C)nc(C(C)C)n1. The molecule has 0 aliphatic heterocycles. The van der Waals surface area contributed by atoms with E-state index in [1.54, 1.807) is 6.07 Å². The van der Waals surface area contributed by atoms with E-state index in [4.69, 9.17) is 0 Å². The highest BCUT2D eigenvalue weighted by molar-refractivity contribution is 5.75. The molecule has 0 amide bonds. The summed E-state index contributed by atoms with van der Waals surface area (Å²) in [5, 5.41) is 9.22. The lowest BCUT2D eigenvalue weighted by Crippen LogP contribution is -2.15. The zero-order chi connectivity index (χ0) is 13.0. The molecule has 1 aromatic rings. The highest BCUT2D eigenvalue weighted by Crippen LogP contribution is 2.22. The van der Waals surface area contributed by atoms with Crippen LogP contribution in [0.15, 0.2) is 6.07 Å². The van der Waals surface area contributed by atoms with Crippen molar-refractivity contribution in [1.82, 2.24) is 9.97 Å². The summed E-state index contributed by atoms with van der Waals surface area (Å²) >= 11 is 0. The quantitative estimate of drug-likeness (QED) is 0.853. The van der Waals surface area contributed by atoms with E-state index in [-0.39, 0.29) is 5.92 Å². The van der Waals surface area contributed by atoms with Gasteiger partial charge in [-0.1, -0.05) is 27.2 Å². The van der Waals surface area contributed by atoms with Crippen molar-refractivity contribution in [2.75, 3.05) is 0 Å². The van der Waals surface area contributed by atoms with E-state index in [9.17, 15) is 9.90 Å². The summed E-state index contributed by atoms with van der Waals surface area (Å²) < 4.78 is 0. The van der Waals surface area contributed by atoms with Crippen LogP contribution < -0.4 is 0 Å². The van der Waals surface area contributed by atoms with Gasteiger partial charge in [0.2, 0.25) is 0 Å². The maximum atomic E-state index is 11.2. The van der Waals surface area contributed by atoms with Crippen LogP contribution in [0.5, 0.6) is 0 Å². The average molecular weight is 236 g/mol. The number of aromatic nitrogens is 2. The van der Waals surface area contributed by atoms with Crippen LogP contribution in [0, 0.1) is 6.92 Å². The predicted molar refractivity (Wildman–Crippen MR) is 66.1 cm³/mol. The van der Waals surface area contributed by atoms with Crippen molar-refractivity contribution in [3.8, 4) is 0 Å². The summed E-state index contributed by atoms with van der Waals surface area (Å²) in [4.78, 5) is 19.9. The predicted octanol–water partition coefficient (Wildman–Crippen LogP) is 2.88. The minimum atomic E-state index is -0.806. The van der Waals surface area contributed by atoms with Gasteiger partial charge in [-0.25, -0.2) is 9.97 Å². The zero-order valence-corrected chi connectivity index (χ0v) is 10.9. The van der Waals surface area contributed by atoms with E-state index in [0.29, 0.717) is 12.1 Å². The topological polar surface area (TPSA) is 63.1 Å². The lowest BCUT2D eigenvalue weighted by Gasteiger charge is -2.13. The standard InChI is InChI=1S/C13H20N2O2/c1-5-6-10(13(16)17)11-7-9(4)14-12(15-11)8(2)3/h7-8,10H,5-6H2,1-4H3,(H,16,17). The normalized spacial score (nSPS) is 12.8. The van der Waals surface area contributed by atoms with Crippen molar-refractivity contribution in [3.05, 3.63) is 23.3 Å². The first-order chi connectivity index (χ1) is 7.95. The third kappa shape index (κ3) is 3.51. The fourth-order valence-electron chi connectivity index (χ4n) is 1.74. The second kappa shape index (κ2) is 5.75. The fourth-order valence-corrected chi connectivity index (χ4v) is 1.74. The summed E-state index contributed by atoms with van der Waals surface area (Å²) in [6, 6.07) is 1.78. The van der Waals surface area contributed by atoms with Crippen molar-refractivity contribution >= 4 is 5.97 Å². The minimum absolute atomic E-state index is 0.213. The van der Waals surface area contributed by atoms with Crippen LogP contribution in [-0.4, -0.2) is 21.0 Å². The molecule has 0 saturated heterocycles. The molecule has 4 heteroatoms. The Hall–Kier alpha value is -1.45. The van der Waals surface area contributed by atoms with Gasteiger partial charge in [-0.05, 0) is 19.4 Å². The molecule has 1 unspecified atom stereocenters. The number of nitrogens with zero attached hydrogens (tertiary/aromatic N) is 2. The molecule has 0 radical (unpaired) electrons. The Balaban J connectivity index is 3.14. The first-order valence-corrected chi connectivity index (χ1v) is 6.04. The summed E-state index contributed by atoms with van der Waals surface area (Å²) in [7, 11) is 0. The molecule has 0 aliphatic rings. The van der Waals surface area contributed by atoms with Crippen molar-refractivity contribution in [1.29, 1.82) is 0 Å². The first kappa shape index (κ1) is 13.6. The molecule has 1 atom stereocenters. The molecule has 1 rings (SSSR count). The van der Waals surface area contributed by atoms with Gasteiger partial charge in [0, 0.05) is 11.6 Å². The first-order valence-electron chi connectivity index (χ1n) is 6.04. The molecule has 94 valence electrons. The lowest BCUT2D eigenvalue weighted by atomic mass is 9.99. The van der Waals surface area contributed by atoms with Crippen molar-refractivity contribution in [2.24, 2.45) is 0 Å². The van der Waals surface area contributed by atoms with Crippen molar-refractivity contribution < 1.29 is 9.90 Å². The molecule has 1 heterocycles. The molecule has 0 fully saturated rings. The lowest BCUT2D eigenvalue weighted by molar-refractivity contribution is -0.139. The molecule has 4 nitrogen and oxygen atoms in total. The second-order valence-electron chi connectivity index (χ2n) is 4.63. The van der Waals surface area contributed by atoms with Gasteiger partial charge in [-0.3, -0.25) is 4.79 Å². The third-order valence-electron chi connectivity index (χ3n) is 2.64. The zero-order valence-electron chi connectivity index (χ0n) is 10.9. The number of rotatable bonds is 5. The van der Waals surface area contributed by atoms with Crippen LogP contribution in [0.4, 0.5) is 0 Å². The Morgan fingerprint density at radius 1 is 1.41 bits per heavy atom. The minimum Gasteiger partial charge on any atom is -0.481 e. The van der Waals surface area contributed by atoms with Crippen LogP contribution in [0.1, 0.15) is 62.7 Å². The van der Waals surface area contributed by atoms with Gasteiger partial charge in [0.05, 0.1) is 11.6 Å². The van der Waals surface area contributed by atoms with Gasteiger partial charge < -0.3 is 5.11 Å². The number of hydrogen-bond donors (Lipinski definition) is 1. The third-order valence-corrected chi connectivity index (χ3v) is 2.64. The number of hydrogen-bond acceptors (Lipinski definition) is 3. The molecule has 0 aliphatic carbocycles. The van der Waals surface area contributed by atoms with Crippen LogP contribution in [0.25, 0.3) is 0 Å². The van der Waals surface area contributed by atoms with Crippen LogP contribution in [-0.2, 0) is 4.79 Å². The van der Waals surface area contributed by atoms with Crippen LogP contribution in [0.3, 0.4) is 0 Å². The van der Waals surface area contributed by atoms with E-state index in [1.165, 1.54) is 0 Å². The molecule has 1 aromatic heterocycles. The summed E-state index contributed by atoms with van der Waals surface area (Å²) in [6.07, 6.45) is 1.44. The Kier molecular flexibility index (Phi) is 4.61. The number of aryl methyl sites for hydroxylation is 1. The number of carbonyl (C=O) groups is 1. The molecular formula is C13H20N2O2. The van der Waals surface area contributed by atoms with Gasteiger partial charge in [-0.2, -0.15) is 0 Å². The van der Waals surface area contributed by atoms with Gasteiger partial charge >= 0.3 is 5.97 Å². The van der Waals surface area contributed by atoms with Gasteiger partial charge in [0.25, 0.3) is 0 Å². The molecule has 0 aromatic carbocycles. The summed E-state index contributed by atoms with van der Waals surface area (Å²) in [5.41, 5.74) is 1.47. The van der Waals surface area contributed by atoms with E-state index in [1.807, 2.05) is 27.7 Å². The number of carboxylic acids is 1. The van der Waals surface area contributed by atoms with E-state index >= 15 is 0 Å². The van der Waals surface area contributed by atoms with Gasteiger partial charge in [0.15, 0.2) is 0 Å². The smallest absolute Gasteiger partial charge is 0.312 e. The Morgan fingerprint density at radius 2 is 2.06 bits per heavy atom. The van der Waals surface area contributed by atoms with Crippen molar-refractivity contribution in [2.45, 2.75) is 52.4 Å². The van der Waals surface area contributed by atoms with Gasteiger partial charge in [-0.15, -0.1) is 0 Å². The fraction of sp³-hybridized carbons (Fsp3) is 0.615. The highest BCUT2D eigenvalue weighted by Gasteiger charge is 2.21. The Labute approximate surface area is 102 Å². The molecule has 0 bridgehead atoms. The van der Waals surface area contributed by atoms with Crippen molar-refractivity contribution in [3.63, 3.8) is 0 Å². The number of aliphatic carboxylic acids is 1. The molecule has 0 saturated carbocycles. The van der Waals surface area contributed by atoms with Crippen LogP contribution >= 0.6 is 0 Å². The van der Waals surface area contributed by atoms with Gasteiger partial charge in [0.1, 0.15) is 5.82 Å². The molecule has 17 heavy (non-hydrogen) atoms. The van der Waals surface area contributed by atoms with E-state index < -0.39 is 11.9 Å². The highest BCUT2D eigenvalue weighted by atomic mass is 16.4.